The molecule has 32 heavy (non-hydrogen) atoms. The van der Waals surface area contributed by atoms with Gasteiger partial charge in [0.2, 0.25) is 5.82 Å². The van der Waals surface area contributed by atoms with Gasteiger partial charge in [0.15, 0.2) is 15.5 Å². The molecule has 0 radical (unpaired) electrons. The van der Waals surface area contributed by atoms with Crippen molar-refractivity contribution in [1.82, 2.24) is 35.6 Å². The second-order valence-electron chi connectivity index (χ2n) is 7.59. The number of aromatic amines is 2. The highest BCUT2D eigenvalue weighted by Crippen LogP contribution is 2.30. The van der Waals surface area contributed by atoms with Crippen molar-refractivity contribution in [3.8, 4) is 33.8 Å². The van der Waals surface area contributed by atoms with Crippen LogP contribution in [0.3, 0.4) is 0 Å². The lowest BCUT2D eigenvalue weighted by molar-refractivity contribution is 0.587. The van der Waals surface area contributed by atoms with Crippen molar-refractivity contribution < 1.29 is 11.3 Å². The molecule has 3 heterocycles. The lowest BCUT2D eigenvalue weighted by Crippen LogP contribution is -2.13. The average molecular weight is 450 g/mol. The van der Waals surface area contributed by atoms with Gasteiger partial charge in [-0.2, -0.15) is 5.21 Å². The molecule has 0 aliphatic carbocycles. The molecule has 5 rings (SSSR count). The number of fused-ring (bicyclic) bond motifs is 1. The van der Waals surface area contributed by atoms with Gasteiger partial charge >= 0.3 is 0 Å². The Morgan fingerprint density at radius 3 is 2.28 bits per heavy atom. The Morgan fingerprint density at radius 1 is 0.938 bits per heavy atom. The number of nitrogens with one attached hydrogen (secondary N) is 2. The van der Waals surface area contributed by atoms with E-state index in [1.165, 1.54) is 0 Å². The second kappa shape index (κ2) is 7.65. The minimum atomic E-state index is -3.32. The number of nitrogens with zero attached hydrogens (tertiary/aromatic N) is 5. The summed E-state index contributed by atoms with van der Waals surface area (Å²) in [6, 6.07) is 14.5. The van der Waals surface area contributed by atoms with Crippen LogP contribution in [0.1, 0.15) is 16.7 Å². The lowest BCUT2D eigenvalue weighted by Gasteiger charge is -2.08. The van der Waals surface area contributed by atoms with Gasteiger partial charge in [-0.05, 0) is 36.8 Å². The van der Waals surface area contributed by atoms with E-state index in [1.807, 2.05) is 30.5 Å². The smallest absolute Gasteiger partial charge is 0.204 e. The van der Waals surface area contributed by atoms with Gasteiger partial charge in [-0.15, -0.1) is 10.2 Å². The van der Waals surface area contributed by atoms with Crippen molar-refractivity contribution in [1.29, 1.82) is 0 Å². The molecule has 9 nitrogen and oxygen atoms in total. The summed E-state index contributed by atoms with van der Waals surface area (Å²) in [4.78, 5) is 12.7. The monoisotopic (exact) mass is 449 g/mol. The minimum Gasteiger partial charge on any atom is -0.344 e. The standard InChI is InChI=1S/C22H19N7O2S.2H2/c1-13(2)32(30,31)17-9-7-15(8-10-17)19-12-24-22-20(25-19)18(11-23-22)14-3-5-16(6-4-14)21-26-28-29-27-21;;/h3-13H,1-2H3,(H,23,24)(H,26,27,28,29);2*1H. The molecule has 0 atom stereocenters. The largest absolute Gasteiger partial charge is 0.344 e. The number of hydrogen-bond acceptors (Lipinski definition) is 7. The van der Waals surface area contributed by atoms with E-state index in [0.717, 1.165) is 27.8 Å². The van der Waals surface area contributed by atoms with Crippen LogP contribution in [0.25, 0.3) is 44.9 Å². The number of benzene rings is 2. The van der Waals surface area contributed by atoms with E-state index in [0.29, 0.717) is 22.1 Å². The maximum Gasteiger partial charge on any atom is 0.204 e. The highest BCUT2D eigenvalue weighted by atomic mass is 32.2. The van der Waals surface area contributed by atoms with Gasteiger partial charge in [-0.3, -0.25) is 0 Å². The van der Waals surface area contributed by atoms with Crippen LogP contribution in [-0.2, 0) is 9.84 Å². The maximum atomic E-state index is 12.4. The minimum absolute atomic E-state index is 0. The fourth-order valence-electron chi connectivity index (χ4n) is 3.42. The van der Waals surface area contributed by atoms with Gasteiger partial charge in [0.1, 0.15) is 5.52 Å². The van der Waals surface area contributed by atoms with E-state index >= 15 is 0 Å². The van der Waals surface area contributed by atoms with E-state index in [1.54, 1.807) is 44.3 Å². The summed E-state index contributed by atoms with van der Waals surface area (Å²) in [5.74, 6) is 0.528. The molecule has 0 saturated carbocycles. The molecule has 0 aliphatic rings. The van der Waals surface area contributed by atoms with E-state index in [-0.39, 0.29) is 2.85 Å². The third kappa shape index (κ3) is 3.44. The van der Waals surface area contributed by atoms with Crippen molar-refractivity contribution in [2.75, 3.05) is 0 Å². The Kier molecular flexibility index (Phi) is 4.78. The molecule has 5 aromatic rings. The molecule has 0 amide bonds. The summed E-state index contributed by atoms with van der Waals surface area (Å²) in [5, 5.41) is 13.5. The Labute approximate surface area is 186 Å². The second-order valence-corrected chi connectivity index (χ2v) is 10.1. The first-order valence-electron chi connectivity index (χ1n) is 9.96. The first-order valence-corrected chi connectivity index (χ1v) is 11.5. The molecule has 0 unspecified atom stereocenters. The Hall–Kier alpha value is -3.92. The molecular weight excluding hydrogens is 426 g/mol. The van der Waals surface area contributed by atoms with Crippen molar-refractivity contribution >= 4 is 21.0 Å². The molecule has 0 fully saturated rings. The van der Waals surface area contributed by atoms with Crippen LogP contribution in [0.15, 0.2) is 65.8 Å². The quantitative estimate of drug-likeness (QED) is 0.412. The molecule has 2 aromatic carbocycles. The zero-order chi connectivity index (χ0) is 22.3. The van der Waals surface area contributed by atoms with E-state index in [9.17, 15) is 8.42 Å². The average Bonchev–Trinajstić information content (AvgIpc) is 3.49. The van der Waals surface area contributed by atoms with Gasteiger partial charge in [0, 0.05) is 25.7 Å². The van der Waals surface area contributed by atoms with Crippen LogP contribution >= 0.6 is 0 Å². The summed E-state index contributed by atoms with van der Waals surface area (Å²) in [6.07, 6.45) is 3.55. The van der Waals surface area contributed by atoms with Crippen LogP contribution in [0.5, 0.6) is 0 Å². The third-order valence-electron chi connectivity index (χ3n) is 5.28. The summed E-state index contributed by atoms with van der Waals surface area (Å²) in [6.45, 7) is 3.34. The van der Waals surface area contributed by atoms with Crippen molar-refractivity contribution in [2.45, 2.75) is 24.0 Å². The molecule has 0 bridgehead atoms. The topological polar surface area (TPSA) is 130 Å². The number of aromatic nitrogens is 7. The van der Waals surface area contributed by atoms with Crippen molar-refractivity contribution in [3.05, 3.63) is 60.9 Å². The number of sulfone groups is 1. The van der Waals surface area contributed by atoms with Crippen molar-refractivity contribution in [3.63, 3.8) is 0 Å². The maximum absolute atomic E-state index is 12.4. The zero-order valence-electron chi connectivity index (χ0n) is 17.3. The summed E-state index contributed by atoms with van der Waals surface area (Å²) < 4.78 is 24.8. The van der Waals surface area contributed by atoms with Crippen LogP contribution in [0, 0.1) is 0 Å². The number of H-pyrrole nitrogens is 2. The predicted octanol–water partition coefficient (Wildman–Crippen LogP) is 4.15. The molecule has 0 spiro atoms. The van der Waals surface area contributed by atoms with Crippen LogP contribution < -0.4 is 0 Å². The summed E-state index contributed by atoms with van der Waals surface area (Å²) in [7, 11) is -3.32. The molecule has 164 valence electrons. The van der Waals surface area contributed by atoms with Gasteiger partial charge in [0.25, 0.3) is 0 Å². The molecular formula is C22H23N7O2S. The number of tetrazole rings is 1. The first kappa shape index (κ1) is 20.0. The van der Waals surface area contributed by atoms with Crippen molar-refractivity contribution in [2.24, 2.45) is 0 Å². The number of hydrogen-bond donors (Lipinski definition) is 2. The van der Waals surface area contributed by atoms with Crippen LogP contribution in [0.4, 0.5) is 0 Å². The fourth-order valence-corrected chi connectivity index (χ4v) is 4.48. The SMILES string of the molecule is CC(C)S(=O)(=O)c1ccc(-c2cnc3[nH]cc(-c4ccc(-c5nn[nH]n5)cc4)c3n2)cc1.[HH].[HH]. The number of rotatable bonds is 5. The van der Waals surface area contributed by atoms with Gasteiger partial charge in [-0.25, -0.2) is 18.4 Å². The van der Waals surface area contributed by atoms with Crippen LogP contribution in [0.2, 0.25) is 0 Å². The van der Waals surface area contributed by atoms with E-state index in [4.69, 9.17) is 4.98 Å². The Morgan fingerprint density at radius 2 is 1.62 bits per heavy atom. The van der Waals surface area contributed by atoms with Crippen LogP contribution in [-0.4, -0.2) is 49.2 Å². The van der Waals surface area contributed by atoms with Gasteiger partial charge in [-0.1, -0.05) is 36.4 Å². The fraction of sp³-hybridized carbons (Fsp3) is 0.136. The summed E-state index contributed by atoms with van der Waals surface area (Å²) >= 11 is 0. The zero-order valence-corrected chi connectivity index (χ0v) is 18.1. The highest BCUT2D eigenvalue weighted by Gasteiger charge is 2.19. The van der Waals surface area contributed by atoms with Gasteiger partial charge < -0.3 is 4.98 Å². The molecule has 0 saturated heterocycles. The first-order chi connectivity index (χ1) is 15.4. The molecule has 10 heteroatoms. The normalized spacial score (nSPS) is 12.0. The van der Waals surface area contributed by atoms with E-state index in [2.05, 4.69) is 30.6 Å². The van der Waals surface area contributed by atoms with E-state index < -0.39 is 15.1 Å². The molecule has 2 N–H and O–H groups in total. The molecule has 0 aliphatic heterocycles. The Bertz CT molecular complexity index is 1500. The highest BCUT2D eigenvalue weighted by molar-refractivity contribution is 7.92. The lowest BCUT2D eigenvalue weighted by atomic mass is 10.1. The summed E-state index contributed by atoms with van der Waals surface area (Å²) in [5.41, 5.74) is 5.59. The Balaban J connectivity index is 0.00000162. The predicted molar refractivity (Wildman–Crippen MR) is 124 cm³/mol. The molecule has 3 aromatic heterocycles. The third-order valence-corrected chi connectivity index (χ3v) is 7.45. The van der Waals surface area contributed by atoms with Gasteiger partial charge in [0.05, 0.1) is 22.0 Å².